The van der Waals surface area contributed by atoms with Crippen LogP contribution in [-0.4, -0.2) is 4.92 Å². The Labute approximate surface area is 145 Å². The van der Waals surface area contributed by atoms with Gasteiger partial charge >= 0.3 is 0 Å². The van der Waals surface area contributed by atoms with E-state index in [1.165, 1.54) is 6.07 Å². The predicted molar refractivity (Wildman–Crippen MR) is 97.3 cm³/mol. The number of benzene rings is 3. The normalized spacial score (nSPS) is 18.9. The van der Waals surface area contributed by atoms with Crippen molar-refractivity contribution in [2.75, 3.05) is 5.32 Å². The monoisotopic (exact) mass is 331 g/mol. The second-order valence-electron chi connectivity index (χ2n) is 6.03. The number of nitro groups is 1. The van der Waals surface area contributed by atoms with E-state index in [-0.39, 0.29) is 22.8 Å². The maximum atomic E-state index is 11.1. The minimum Gasteiger partial charge on any atom is -0.366 e. The lowest BCUT2D eigenvalue weighted by Crippen LogP contribution is -2.37. The summed E-state index contributed by atoms with van der Waals surface area (Å²) in [7, 11) is 0. The molecule has 3 aromatic rings. The molecule has 2 N–H and O–H groups in total. The molecule has 4 rings (SSSR count). The molecule has 0 saturated carbocycles. The summed E-state index contributed by atoms with van der Waals surface area (Å²) in [5, 5.41) is 18.1. The van der Waals surface area contributed by atoms with Gasteiger partial charge in [-0.25, -0.2) is 0 Å². The molecule has 25 heavy (non-hydrogen) atoms. The Morgan fingerprint density at radius 3 is 2.36 bits per heavy atom. The molecule has 0 fully saturated rings. The topological polar surface area (TPSA) is 67.2 Å². The van der Waals surface area contributed by atoms with Crippen LogP contribution in [-0.2, 0) is 0 Å². The summed E-state index contributed by atoms with van der Waals surface area (Å²) in [6, 6.07) is 25.1. The fourth-order valence-electron chi connectivity index (χ4n) is 3.25. The van der Waals surface area contributed by atoms with Crippen LogP contribution in [0, 0.1) is 10.1 Å². The zero-order chi connectivity index (χ0) is 17.2. The first-order chi connectivity index (χ1) is 12.2. The Hall–Kier alpha value is -3.18. The highest BCUT2D eigenvalue weighted by Crippen LogP contribution is 2.36. The van der Waals surface area contributed by atoms with Gasteiger partial charge in [0.25, 0.3) is 5.69 Å². The number of anilines is 1. The highest BCUT2D eigenvalue weighted by molar-refractivity contribution is 5.59. The van der Waals surface area contributed by atoms with Crippen molar-refractivity contribution in [3.05, 3.63) is 106 Å². The highest BCUT2D eigenvalue weighted by atomic mass is 16.6. The van der Waals surface area contributed by atoms with Crippen molar-refractivity contribution in [2.45, 2.75) is 12.2 Å². The van der Waals surface area contributed by atoms with E-state index in [2.05, 4.69) is 28.8 Å². The third kappa shape index (κ3) is 2.97. The number of nitro benzene ring substituents is 1. The van der Waals surface area contributed by atoms with Gasteiger partial charge in [-0.05, 0) is 22.8 Å². The molecule has 2 atom stereocenters. The van der Waals surface area contributed by atoms with Crippen molar-refractivity contribution >= 4 is 11.4 Å². The van der Waals surface area contributed by atoms with E-state index in [9.17, 15) is 10.1 Å². The van der Waals surface area contributed by atoms with Crippen LogP contribution in [0.3, 0.4) is 0 Å². The third-order valence-corrected chi connectivity index (χ3v) is 4.45. The molecule has 124 valence electrons. The lowest BCUT2D eigenvalue weighted by atomic mass is 9.93. The van der Waals surface area contributed by atoms with E-state index in [4.69, 9.17) is 0 Å². The second-order valence-corrected chi connectivity index (χ2v) is 6.03. The first-order valence-electron chi connectivity index (χ1n) is 8.13. The van der Waals surface area contributed by atoms with Crippen molar-refractivity contribution in [3.63, 3.8) is 0 Å². The number of non-ortho nitro benzene ring substituents is 1. The first-order valence-corrected chi connectivity index (χ1v) is 8.13. The van der Waals surface area contributed by atoms with Crippen LogP contribution in [0.1, 0.15) is 28.9 Å². The number of nitrogens with one attached hydrogen (secondary N) is 2. The van der Waals surface area contributed by atoms with Crippen LogP contribution in [0.15, 0.2) is 78.9 Å². The summed E-state index contributed by atoms with van der Waals surface area (Å²) < 4.78 is 0. The Morgan fingerprint density at radius 2 is 1.56 bits per heavy atom. The van der Waals surface area contributed by atoms with E-state index in [1.54, 1.807) is 12.1 Å². The molecular weight excluding hydrogens is 314 g/mol. The molecule has 0 amide bonds. The molecular formula is C20H17N3O2. The molecule has 2 unspecified atom stereocenters. The molecule has 0 spiro atoms. The summed E-state index contributed by atoms with van der Waals surface area (Å²) in [5.74, 6) is 0. The van der Waals surface area contributed by atoms with Gasteiger partial charge < -0.3 is 5.32 Å². The van der Waals surface area contributed by atoms with E-state index in [1.807, 2.05) is 42.5 Å². The molecule has 1 aliphatic rings. The van der Waals surface area contributed by atoms with Crippen molar-refractivity contribution < 1.29 is 4.92 Å². The van der Waals surface area contributed by atoms with Crippen LogP contribution in [0.4, 0.5) is 11.4 Å². The number of hydrogen-bond acceptors (Lipinski definition) is 4. The molecule has 0 aromatic heterocycles. The number of fused-ring (bicyclic) bond motifs is 1. The van der Waals surface area contributed by atoms with Crippen molar-refractivity contribution in [1.82, 2.24) is 5.32 Å². The maximum absolute atomic E-state index is 11.1. The van der Waals surface area contributed by atoms with Gasteiger partial charge in [-0.15, -0.1) is 0 Å². The number of nitrogens with zero attached hydrogens (tertiary/aromatic N) is 1. The lowest BCUT2D eigenvalue weighted by Gasteiger charge is -2.35. The molecule has 1 heterocycles. The Balaban J connectivity index is 1.75. The summed E-state index contributed by atoms with van der Waals surface area (Å²) in [6.07, 6.45) is -0.208. The zero-order valence-electron chi connectivity index (χ0n) is 13.4. The Kier molecular flexibility index (Phi) is 3.91. The SMILES string of the molecule is O=[N+]([O-])c1cccc(C2Nc3ccccc3C(c3ccccc3)N2)c1. The van der Waals surface area contributed by atoms with Gasteiger partial charge in [0.1, 0.15) is 6.17 Å². The van der Waals surface area contributed by atoms with Gasteiger partial charge in [0.15, 0.2) is 0 Å². The van der Waals surface area contributed by atoms with Gasteiger partial charge in [0, 0.05) is 17.8 Å². The smallest absolute Gasteiger partial charge is 0.269 e. The van der Waals surface area contributed by atoms with Crippen molar-refractivity contribution in [2.24, 2.45) is 0 Å². The third-order valence-electron chi connectivity index (χ3n) is 4.45. The standard InChI is InChI=1S/C20H17N3O2/c24-23(25)16-10-6-9-15(13-16)20-21-18-12-5-4-11-17(18)19(22-20)14-7-2-1-3-8-14/h1-13,19-22H. The molecule has 3 aromatic carbocycles. The highest BCUT2D eigenvalue weighted by Gasteiger charge is 2.28. The average Bonchev–Trinajstić information content (AvgIpc) is 2.68. The van der Waals surface area contributed by atoms with Crippen molar-refractivity contribution in [3.8, 4) is 0 Å². The maximum Gasteiger partial charge on any atom is 0.269 e. The van der Waals surface area contributed by atoms with Crippen LogP contribution in [0.2, 0.25) is 0 Å². The van der Waals surface area contributed by atoms with Gasteiger partial charge in [-0.2, -0.15) is 0 Å². The molecule has 1 aliphatic heterocycles. The van der Waals surface area contributed by atoms with Crippen LogP contribution in [0.25, 0.3) is 0 Å². The first kappa shape index (κ1) is 15.4. The average molecular weight is 331 g/mol. The van der Waals surface area contributed by atoms with Gasteiger partial charge in [0.05, 0.1) is 11.0 Å². The number of hydrogen-bond donors (Lipinski definition) is 2. The largest absolute Gasteiger partial charge is 0.366 e. The summed E-state index contributed by atoms with van der Waals surface area (Å²) >= 11 is 0. The Bertz CT molecular complexity index is 912. The summed E-state index contributed by atoms with van der Waals surface area (Å²) in [4.78, 5) is 10.7. The summed E-state index contributed by atoms with van der Waals surface area (Å²) in [5.41, 5.74) is 4.29. The number of rotatable bonds is 3. The van der Waals surface area contributed by atoms with E-state index in [0.29, 0.717) is 0 Å². The Morgan fingerprint density at radius 1 is 0.840 bits per heavy atom. The van der Waals surface area contributed by atoms with Gasteiger partial charge in [0.2, 0.25) is 0 Å². The quantitative estimate of drug-likeness (QED) is 0.551. The van der Waals surface area contributed by atoms with Crippen LogP contribution < -0.4 is 10.6 Å². The minimum atomic E-state index is -0.366. The van der Waals surface area contributed by atoms with Crippen LogP contribution >= 0.6 is 0 Å². The molecule has 0 bridgehead atoms. The van der Waals surface area contributed by atoms with E-state index in [0.717, 1.165) is 22.4 Å². The number of para-hydroxylation sites is 1. The summed E-state index contributed by atoms with van der Waals surface area (Å²) in [6.45, 7) is 0. The van der Waals surface area contributed by atoms with E-state index >= 15 is 0 Å². The molecule has 0 radical (unpaired) electrons. The molecule has 5 nitrogen and oxygen atoms in total. The van der Waals surface area contributed by atoms with Crippen LogP contribution in [0.5, 0.6) is 0 Å². The minimum absolute atomic E-state index is 0.0166. The van der Waals surface area contributed by atoms with Crippen molar-refractivity contribution in [1.29, 1.82) is 0 Å². The predicted octanol–water partition coefficient (Wildman–Crippen LogP) is 4.40. The van der Waals surface area contributed by atoms with E-state index < -0.39 is 0 Å². The molecule has 5 heteroatoms. The zero-order valence-corrected chi connectivity index (χ0v) is 13.4. The lowest BCUT2D eigenvalue weighted by molar-refractivity contribution is -0.384. The van der Waals surface area contributed by atoms with Gasteiger partial charge in [-0.3, -0.25) is 15.4 Å². The molecule has 0 aliphatic carbocycles. The fourth-order valence-corrected chi connectivity index (χ4v) is 3.25. The fraction of sp³-hybridized carbons (Fsp3) is 0.100. The second kappa shape index (κ2) is 6.37. The molecule has 0 saturated heterocycles. The van der Waals surface area contributed by atoms with Gasteiger partial charge in [-0.1, -0.05) is 60.7 Å².